The van der Waals surface area contributed by atoms with Gasteiger partial charge in [0.1, 0.15) is 28.4 Å². The Morgan fingerprint density at radius 2 is 2.13 bits per heavy atom. The lowest BCUT2D eigenvalue weighted by molar-refractivity contribution is -0.226. The fourth-order valence-electron chi connectivity index (χ4n) is 3.75. The normalized spacial score (nSPS) is 15.9. The number of nitrogens with zero attached hydrogens (tertiary/aromatic N) is 8. The molecule has 4 aromatic heterocycles. The van der Waals surface area contributed by atoms with Crippen molar-refractivity contribution in [2.45, 2.75) is 12.0 Å². The molecule has 5 N–H and O–H groups in total. The zero-order valence-corrected chi connectivity index (χ0v) is 16.1. The van der Waals surface area contributed by atoms with Crippen molar-refractivity contribution in [1.82, 2.24) is 39.6 Å². The maximum atomic E-state index is 9.33. The number of nitriles is 1. The lowest BCUT2D eigenvalue weighted by Gasteiger charge is -2.47. The summed E-state index contributed by atoms with van der Waals surface area (Å²) in [6.45, 7) is 1.08. The highest BCUT2D eigenvalue weighted by molar-refractivity contribution is 5.83. The first kappa shape index (κ1) is 18.1. The summed E-state index contributed by atoms with van der Waals surface area (Å²) in [6, 6.07) is 5.79. The van der Waals surface area contributed by atoms with Gasteiger partial charge >= 0.3 is 0 Å². The number of rotatable bonds is 5. The number of fused-ring (bicyclic) bond motifs is 1. The Bertz CT molecular complexity index is 1270. The Labute approximate surface area is 170 Å². The van der Waals surface area contributed by atoms with Crippen molar-refractivity contribution in [2.75, 3.05) is 31.7 Å². The third kappa shape index (κ3) is 2.68. The summed E-state index contributed by atoms with van der Waals surface area (Å²) in [7, 11) is 1.60. The smallest absolute Gasteiger partial charge is 0.155 e. The van der Waals surface area contributed by atoms with Crippen molar-refractivity contribution in [3.05, 3.63) is 30.7 Å². The zero-order chi connectivity index (χ0) is 20.9. The van der Waals surface area contributed by atoms with Crippen LogP contribution >= 0.6 is 0 Å². The highest BCUT2D eigenvalue weighted by Gasteiger charge is 2.46. The van der Waals surface area contributed by atoms with Gasteiger partial charge in [-0.15, -0.1) is 0 Å². The molecule has 152 valence electrons. The van der Waals surface area contributed by atoms with Gasteiger partial charge in [-0.25, -0.2) is 9.50 Å². The molecule has 0 aromatic carbocycles. The van der Waals surface area contributed by atoms with E-state index in [-0.39, 0.29) is 6.42 Å². The molecule has 5 heterocycles. The molecule has 0 spiro atoms. The van der Waals surface area contributed by atoms with Crippen molar-refractivity contribution < 1.29 is 4.84 Å². The predicted octanol–water partition coefficient (Wildman–Crippen LogP) is 0.633. The van der Waals surface area contributed by atoms with Gasteiger partial charge in [-0.2, -0.15) is 25.6 Å². The Balaban J connectivity index is 1.63. The maximum absolute atomic E-state index is 9.33. The van der Waals surface area contributed by atoms with E-state index in [1.54, 1.807) is 39.8 Å². The molecule has 0 radical (unpaired) electrons. The number of aromatic amines is 1. The lowest BCUT2D eigenvalue weighted by Crippen LogP contribution is -2.62. The summed E-state index contributed by atoms with van der Waals surface area (Å²) >= 11 is 0. The highest BCUT2D eigenvalue weighted by atomic mass is 16.7. The Hall–Kier alpha value is -3.95. The number of nitrogen functional groups attached to an aromatic ring is 2. The first-order valence-corrected chi connectivity index (χ1v) is 9.21. The number of H-pyrrole nitrogens is 1. The Morgan fingerprint density at radius 3 is 2.83 bits per heavy atom. The fourth-order valence-corrected chi connectivity index (χ4v) is 3.75. The number of hydroxylamine groups is 2. The molecule has 0 amide bonds. The first-order valence-electron chi connectivity index (χ1n) is 9.21. The highest BCUT2D eigenvalue weighted by Crippen LogP contribution is 2.36. The monoisotopic (exact) mass is 405 g/mol. The van der Waals surface area contributed by atoms with Gasteiger partial charge in [0.05, 0.1) is 56.2 Å². The molecular formula is C18H19N11O. The predicted molar refractivity (Wildman–Crippen MR) is 107 cm³/mol. The maximum Gasteiger partial charge on any atom is 0.155 e. The van der Waals surface area contributed by atoms with Crippen LogP contribution in [0.2, 0.25) is 0 Å². The minimum absolute atomic E-state index is 0.287. The van der Waals surface area contributed by atoms with Gasteiger partial charge in [0.25, 0.3) is 0 Å². The van der Waals surface area contributed by atoms with E-state index >= 15 is 0 Å². The molecule has 0 saturated carbocycles. The molecule has 30 heavy (non-hydrogen) atoms. The third-order valence-corrected chi connectivity index (χ3v) is 5.34. The molecule has 1 aliphatic heterocycles. The van der Waals surface area contributed by atoms with Gasteiger partial charge in [-0.05, 0) is 6.07 Å². The van der Waals surface area contributed by atoms with Gasteiger partial charge < -0.3 is 16.3 Å². The molecule has 0 aliphatic carbocycles. The molecular weight excluding hydrogens is 386 g/mol. The largest absolute Gasteiger partial charge is 0.384 e. The average molecular weight is 405 g/mol. The van der Waals surface area contributed by atoms with Crippen molar-refractivity contribution in [2.24, 2.45) is 0 Å². The van der Waals surface area contributed by atoms with E-state index < -0.39 is 5.54 Å². The van der Waals surface area contributed by atoms with Crippen molar-refractivity contribution in [3.8, 4) is 28.7 Å². The molecule has 0 bridgehead atoms. The van der Waals surface area contributed by atoms with Crippen LogP contribution in [0.1, 0.15) is 6.42 Å². The van der Waals surface area contributed by atoms with Crippen LogP contribution in [0.5, 0.6) is 0 Å². The molecule has 0 unspecified atom stereocenters. The molecule has 12 heteroatoms. The molecule has 1 fully saturated rings. The Morgan fingerprint density at radius 1 is 1.30 bits per heavy atom. The van der Waals surface area contributed by atoms with Crippen molar-refractivity contribution >= 4 is 17.2 Å². The summed E-state index contributed by atoms with van der Waals surface area (Å²) in [4.78, 5) is 10.0. The molecule has 12 nitrogen and oxygen atoms in total. The van der Waals surface area contributed by atoms with Crippen LogP contribution in [-0.4, -0.2) is 59.8 Å². The summed E-state index contributed by atoms with van der Waals surface area (Å²) in [5.41, 5.74) is 14.8. The third-order valence-electron chi connectivity index (χ3n) is 5.34. The van der Waals surface area contributed by atoms with Gasteiger partial charge in [-0.3, -0.25) is 9.78 Å². The van der Waals surface area contributed by atoms with Gasteiger partial charge in [-0.1, -0.05) is 0 Å². The van der Waals surface area contributed by atoms with Crippen LogP contribution in [0.4, 0.5) is 11.6 Å². The van der Waals surface area contributed by atoms with Crippen molar-refractivity contribution in [3.63, 3.8) is 0 Å². The number of nitrogens with two attached hydrogens (primary N) is 2. The first-order chi connectivity index (χ1) is 14.5. The molecule has 0 atom stereocenters. The van der Waals surface area contributed by atoms with Crippen molar-refractivity contribution in [1.29, 1.82) is 5.26 Å². The molecule has 1 aliphatic rings. The lowest BCUT2D eigenvalue weighted by atomic mass is 9.89. The van der Waals surface area contributed by atoms with E-state index in [1.807, 2.05) is 12.3 Å². The summed E-state index contributed by atoms with van der Waals surface area (Å²) in [5, 5.41) is 26.8. The van der Waals surface area contributed by atoms with E-state index in [0.717, 1.165) is 5.52 Å². The number of nitrogens with one attached hydrogen (secondary N) is 1. The summed E-state index contributed by atoms with van der Waals surface area (Å²) in [6.07, 6.45) is 5.57. The van der Waals surface area contributed by atoms with Crippen LogP contribution in [-0.2, 0) is 10.4 Å². The fraction of sp³-hybridized carbons (Fsp3) is 0.278. The van der Waals surface area contributed by atoms with Gasteiger partial charge in [0.15, 0.2) is 5.82 Å². The van der Waals surface area contributed by atoms with Crippen LogP contribution in [0, 0.1) is 11.3 Å². The zero-order valence-electron chi connectivity index (χ0n) is 16.1. The number of hydrogen-bond donors (Lipinski definition) is 3. The topological polar surface area (TPSA) is 165 Å². The minimum Gasteiger partial charge on any atom is -0.384 e. The van der Waals surface area contributed by atoms with Crippen LogP contribution in [0.3, 0.4) is 0 Å². The quantitative estimate of drug-likeness (QED) is 0.432. The van der Waals surface area contributed by atoms with E-state index in [2.05, 4.69) is 26.5 Å². The Kier molecular flexibility index (Phi) is 3.95. The van der Waals surface area contributed by atoms with Crippen LogP contribution in [0.15, 0.2) is 30.7 Å². The second-order valence-corrected chi connectivity index (χ2v) is 7.26. The van der Waals surface area contributed by atoms with Gasteiger partial charge in [0, 0.05) is 12.3 Å². The second-order valence-electron chi connectivity index (χ2n) is 7.26. The van der Waals surface area contributed by atoms with E-state index in [4.69, 9.17) is 21.3 Å². The molecule has 5 rings (SSSR count). The summed E-state index contributed by atoms with van der Waals surface area (Å²) in [5.74, 6) is 0.754. The average Bonchev–Trinajstić information content (AvgIpc) is 3.43. The minimum atomic E-state index is -0.498. The van der Waals surface area contributed by atoms with Crippen LogP contribution < -0.4 is 11.5 Å². The molecule has 1 saturated heterocycles. The number of aromatic nitrogens is 7. The standard InChI is InChI=1S/C18H19N11O/c1-30-27-9-18(10-27,3-4-19)29-7-11(17(21)26-29)16-14-2-5-22-28(14)8-13(23-16)12-6-15(20)25-24-12/h2,5-8H,3,9-10H2,1H3,(H2,21,26)(H3,20,24,25). The van der Waals surface area contributed by atoms with E-state index in [1.165, 1.54) is 0 Å². The van der Waals surface area contributed by atoms with E-state index in [9.17, 15) is 5.26 Å². The van der Waals surface area contributed by atoms with E-state index in [0.29, 0.717) is 47.4 Å². The second kappa shape index (κ2) is 6.55. The number of hydrogen-bond acceptors (Lipinski definition) is 9. The number of anilines is 2. The van der Waals surface area contributed by atoms with Crippen LogP contribution in [0.25, 0.3) is 28.2 Å². The summed E-state index contributed by atoms with van der Waals surface area (Å²) < 4.78 is 3.46. The molecule has 4 aromatic rings. The SMILES string of the molecule is CON1CC(CC#N)(n2cc(-c3nc(-c4cc(N)[nH]n4)cn4nccc34)c(N)n2)C1. The van der Waals surface area contributed by atoms with Gasteiger partial charge in [0.2, 0.25) is 0 Å².